The van der Waals surface area contributed by atoms with Crippen LogP contribution in [0.25, 0.3) is 0 Å². The second-order valence-corrected chi connectivity index (χ2v) is 5.75. The van der Waals surface area contributed by atoms with Crippen molar-refractivity contribution in [1.82, 2.24) is 0 Å². The number of halogens is 5. The van der Waals surface area contributed by atoms with E-state index in [1.54, 1.807) is 0 Å². The normalized spacial score (nSPS) is 12.0. The molecule has 0 bridgehead atoms. The van der Waals surface area contributed by atoms with Crippen LogP contribution in [0, 0.1) is 0 Å². The van der Waals surface area contributed by atoms with Crippen molar-refractivity contribution in [1.29, 1.82) is 0 Å². The first-order valence-electron chi connectivity index (χ1n) is 6.95. The summed E-state index contributed by atoms with van der Waals surface area (Å²) < 4.78 is 41.0. The standard InChI is InChI=1S/C16H11Cl2F3N2O3/c17-10-4-5-12(13(18)7-10)14(22)23-26-15(24)9-2-1-3-11(6-9)25-8-16(19,20)21/h1-7H,8H2,(H2,22,23). The Labute approximate surface area is 156 Å². The molecule has 2 N–H and O–H groups in total. The highest BCUT2D eigenvalue weighted by Gasteiger charge is 2.28. The Morgan fingerprint density at radius 3 is 2.54 bits per heavy atom. The van der Waals surface area contributed by atoms with Gasteiger partial charge in [-0.05, 0) is 36.4 Å². The molecule has 0 atom stereocenters. The van der Waals surface area contributed by atoms with Crippen LogP contribution in [0.1, 0.15) is 15.9 Å². The molecule has 26 heavy (non-hydrogen) atoms. The van der Waals surface area contributed by atoms with Gasteiger partial charge in [0.2, 0.25) is 0 Å². The molecule has 0 aliphatic rings. The first-order chi connectivity index (χ1) is 12.2. The summed E-state index contributed by atoms with van der Waals surface area (Å²) in [6, 6.07) is 9.47. The maximum Gasteiger partial charge on any atom is 0.422 e. The number of rotatable bonds is 5. The van der Waals surface area contributed by atoms with Crippen molar-refractivity contribution >= 4 is 35.0 Å². The van der Waals surface area contributed by atoms with Crippen LogP contribution in [0.4, 0.5) is 13.2 Å². The van der Waals surface area contributed by atoms with Gasteiger partial charge in [-0.2, -0.15) is 13.2 Å². The summed E-state index contributed by atoms with van der Waals surface area (Å²) in [4.78, 5) is 16.6. The molecule has 0 aromatic heterocycles. The van der Waals surface area contributed by atoms with Gasteiger partial charge in [-0.3, -0.25) is 0 Å². The van der Waals surface area contributed by atoms with Crippen LogP contribution in [0.3, 0.4) is 0 Å². The van der Waals surface area contributed by atoms with E-state index in [9.17, 15) is 18.0 Å². The Morgan fingerprint density at radius 1 is 1.15 bits per heavy atom. The number of oxime groups is 1. The summed E-state index contributed by atoms with van der Waals surface area (Å²) in [5.41, 5.74) is 5.92. The first kappa shape index (κ1) is 19.9. The van der Waals surface area contributed by atoms with Crippen LogP contribution >= 0.6 is 23.2 Å². The maximum absolute atomic E-state index is 12.2. The Bertz CT molecular complexity index is 842. The molecule has 10 heteroatoms. The van der Waals surface area contributed by atoms with Gasteiger partial charge in [0.15, 0.2) is 12.4 Å². The van der Waals surface area contributed by atoms with E-state index in [0.717, 1.165) is 6.07 Å². The molecule has 0 spiro atoms. The van der Waals surface area contributed by atoms with Gasteiger partial charge in [-0.15, -0.1) is 0 Å². The summed E-state index contributed by atoms with van der Waals surface area (Å²) in [7, 11) is 0. The molecular weight excluding hydrogens is 396 g/mol. The zero-order valence-electron chi connectivity index (χ0n) is 12.9. The summed E-state index contributed by atoms with van der Waals surface area (Å²) in [6.07, 6.45) is -4.49. The number of nitrogens with zero attached hydrogens (tertiary/aromatic N) is 1. The number of benzene rings is 2. The summed E-state index contributed by atoms with van der Waals surface area (Å²) in [5.74, 6) is -1.26. The van der Waals surface area contributed by atoms with Gasteiger partial charge in [0.25, 0.3) is 0 Å². The van der Waals surface area contributed by atoms with E-state index >= 15 is 0 Å². The average Bonchev–Trinajstić information content (AvgIpc) is 2.57. The van der Waals surface area contributed by atoms with E-state index in [-0.39, 0.29) is 22.2 Å². The molecule has 2 rings (SSSR count). The van der Waals surface area contributed by atoms with Gasteiger partial charge in [-0.1, -0.05) is 34.4 Å². The molecule has 0 fully saturated rings. The second kappa shape index (κ2) is 8.29. The number of nitrogens with two attached hydrogens (primary N) is 1. The Balaban J connectivity index is 2.07. The van der Waals surface area contributed by atoms with Crippen LogP contribution in [-0.4, -0.2) is 24.6 Å². The molecule has 5 nitrogen and oxygen atoms in total. The SMILES string of the molecule is N/C(=N\OC(=O)c1cccc(OCC(F)(F)F)c1)c1ccc(Cl)cc1Cl. The Morgan fingerprint density at radius 2 is 1.88 bits per heavy atom. The Hall–Kier alpha value is -2.45. The largest absolute Gasteiger partial charge is 0.484 e. The summed E-state index contributed by atoms with van der Waals surface area (Å²) in [6.45, 7) is -1.48. The van der Waals surface area contributed by atoms with Crippen molar-refractivity contribution < 1.29 is 27.5 Å². The fraction of sp³-hybridized carbons (Fsp3) is 0.125. The van der Waals surface area contributed by atoms with E-state index in [1.165, 1.54) is 36.4 Å². The quantitative estimate of drug-likeness (QED) is 0.345. The van der Waals surface area contributed by atoms with Crippen LogP contribution < -0.4 is 10.5 Å². The number of ether oxygens (including phenoxy) is 1. The third kappa shape index (κ3) is 5.82. The third-order valence-corrected chi connectivity index (χ3v) is 3.45. The lowest BCUT2D eigenvalue weighted by molar-refractivity contribution is -0.153. The third-order valence-electron chi connectivity index (χ3n) is 2.91. The highest BCUT2D eigenvalue weighted by atomic mass is 35.5. The van der Waals surface area contributed by atoms with Gasteiger partial charge in [0, 0.05) is 10.6 Å². The number of carbonyl (C=O) groups is 1. The van der Waals surface area contributed by atoms with Crippen LogP contribution in [0.5, 0.6) is 5.75 Å². The predicted molar refractivity (Wildman–Crippen MR) is 90.6 cm³/mol. The summed E-state index contributed by atoms with van der Waals surface area (Å²) >= 11 is 11.7. The van der Waals surface area contributed by atoms with Crippen molar-refractivity contribution in [3.05, 3.63) is 63.6 Å². The van der Waals surface area contributed by atoms with Crippen LogP contribution in [-0.2, 0) is 4.84 Å². The second-order valence-electron chi connectivity index (χ2n) is 4.91. The maximum atomic E-state index is 12.2. The zero-order chi connectivity index (χ0) is 19.3. The molecule has 0 unspecified atom stereocenters. The van der Waals surface area contributed by atoms with Crippen LogP contribution in [0.2, 0.25) is 10.0 Å². The molecule has 2 aromatic carbocycles. The minimum Gasteiger partial charge on any atom is -0.484 e. The van der Waals surface area contributed by atoms with Crippen molar-refractivity contribution in [3.8, 4) is 5.75 Å². The fourth-order valence-corrected chi connectivity index (χ4v) is 2.27. The van der Waals surface area contributed by atoms with E-state index in [0.29, 0.717) is 10.6 Å². The lowest BCUT2D eigenvalue weighted by atomic mass is 10.2. The molecule has 0 aliphatic carbocycles. The van der Waals surface area contributed by atoms with Crippen molar-refractivity contribution in [2.75, 3.05) is 6.61 Å². The minimum atomic E-state index is -4.49. The van der Waals surface area contributed by atoms with Gasteiger partial charge in [-0.25, -0.2) is 4.79 Å². The number of hydrogen-bond acceptors (Lipinski definition) is 4. The van der Waals surface area contributed by atoms with Gasteiger partial charge < -0.3 is 15.3 Å². The first-order valence-corrected chi connectivity index (χ1v) is 7.71. The topological polar surface area (TPSA) is 73.9 Å². The number of amidine groups is 1. The molecule has 0 heterocycles. The Kier molecular flexibility index (Phi) is 6.33. The predicted octanol–water partition coefficient (Wildman–Crippen LogP) is 4.41. The lowest BCUT2D eigenvalue weighted by Gasteiger charge is -2.09. The van der Waals surface area contributed by atoms with Crippen molar-refractivity contribution in [2.45, 2.75) is 6.18 Å². The van der Waals surface area contributed by atoms with E-state index in [4.69, 9.17) is 28.9 Å². The molecular formula is C16H11Cl2F3N2O3. The van der Waals surface area contributed by atoms with E-state index < -0.39 is 18.8 Å². The van der Waals surface area contributed by atoms with Crippen molar-refractivity contribution in [3.63, 3.8) is 0 Å². The molecule has 0 radical (unpaired) electrons. The average molecular weight is 407 g/mol. The van der Waals surface area contributed by atoms with Crippen molar-refractivity contribution in [2.24, 2.45) is 10.9 Å². The van der Waals surface area contributed by atoms with E-state index in [1.807, 2.05) is 0 Å². The van der Waals surface area contributed by atoms with Gasteiger partial charge in [0.05, 0.1) is 10.6 Å². The molecule has 138 valence electrons. The smallest absolute Gasteiger partial charge is 0.422 e. The minimum absolute atomic E-state index is 0.0663. The number of hydrogen-bond donors (Lipinski definition) is 1. The highest BCUT2D eigenvalue weighted by molar-refractivity contribution is 6.36. The molecule has 2 aromatic rings. The van der Waals surface area contributed by atoms with Gasteiger partial charge in [0.1, 0.15) is 5.75 Å². The molecule has 0 aliphatic heterocycles. The number of alkyl halides is 3. The highest BCUT2D eigenvalue weighted by Crippen LogP contribution is 2.21. The molecule has 0 saturated carbocycles. The lowest BCUT2D eigenvalue weighted by Crippen LogP contribution is -2.19. The monoisotopic (exact) mass is 406 g/mol. The summed E-state index contributed by atoms with van der Waals surface area (Å²) in [5, 5.41) is 4.07. The van der Waals surface area contributed by atoms with Gasteiger partial charge >= 0.3 is 12.1 Å². The number of carbonyl (C=O) groups excluding carboxylic acids is 1. The molecule has 0 amide bonds. The fourth-order valence-electron chi connectivity index (χ4n) is 1.77. The zero-order valence-corrected chi connectivity index (χ0v) is 14.4. The van der Waals surface area contributed by atoms with E-state index in [2.05, 4.69) is 14.7 Å². The van der Waals surface area contributed by atoms with Crippen LogP contribution in [0.15, 0.2) is 47.6 Å². The molecule has 0 saturated heterocycles.